The summed E-state index contributed by atoms with van der Waals surface area (Å²) in [6.07, 6.45) is 27.0. The molecule has 0 bridgehead atoms. The quantitative estimate of drug-likeness (QED) is 0.0220. The molecule has 0 radical (unpaired) electrons. The van der Waals surface area contributed by atoms with E-state index in [1.54, 1.807) is 0 Å². The summed E-state index contributed by atoms with van der Waals surface area (Å²) < 4.78 is 11.1. The standard InChI is InChI=1S/C48H93NO10/c1-4-6-7-8-9-10-11-12-13-14-15-16-17-18-19-20-21-22-25-29-32-35-41(52)47(57)49-39(37-58-48-46(56)45(55)44(54)42(36-50)59-48)43(53)40(51)34-31-28-26-23-24-27-30-33-38(3)5-2/h11-12,38-46,48,50-56H,4-10,13-37H2,1-3H3,(H,49,57). The first-order chi connectivity index (χ1) is 28.6. The maximum atomic E-state index is 13.1. The van der Waals surface area contributed by atoms with E-state index in [1.165, 1.54) is 128 Å². The summed E-state index contributed by atoms with van der Waals surface area (Å²) in [5.74, 6) is 0.0797. The van der Waals surface area contributed by atoms with Gasteiger partial charge in [-0.05, 0) is 44.4 Å². The number of hydrogen-bond acceptors (Lipinski definition) is 10. The molecule has 59 heavy (non-hydrogen) atoms. The number of amides is 1. The predicted octanol–water partition coefficient (Wildman–Crippen LogP) is 8.31. The summed E-state index contributed by atoms with van der Waals surface area (Å²) in [5, 5.41) is 75.7. The van der Waals surface area contributed by atoms with E-state index in [0.717, 1.165) is 44.4 Å². The van der Waals surface area contributed by atoms with Crippen LogP contribution < -0.4 is 5.32 Å². The number of nitrogens with one attached hydrogen (secondary N) is 1. The molecule has 1 saturated heterocycles. The first-order valence-corrected chi connectivity index (χ1v) is 24.5. The largest absolute Gasteiger partial charge is 0.394 e. The highest BCUT2D eigenvalue weighted by atomic mass is 16.7. The van der Waals surface area contributed by atoms with Crippen LogP contribution in [0, 0.1) is 5.92 Å². The van der Waals surface area contributed by atoms with Gasteiger partial charge in [0.2, 0.25) is 5.91 Å². The molecule has 0 spiro atoms. The Balaban J connectivity index is 2.37. The number of rotatable bonds is 40. The molecule has 11 heteroatoms. The Morgan fingerprint density at radius 3 is 1.58 bits per heavy atom. The molecule has 0 aromatic rings. The van der Waals surface area contributed by atoms with Gasteiger partial charge >= 0.3 is 0 Å². The Morgan fingerprint density at radius 1 is 0.627 bits per heavy atom. The van der Waals surface area contributed by atoms with Crippen molar-refractivity contribution in [2.45, 2.75) is 268 Å². The number of ether oxygens (including phenoxy) is 2. The fourth-order valence-electron chi connectivity index (χ4n) is 7.88. The highest BCUT2D eigenvalue weighted by molar-refractivity contribution is 5.80. The lowest BCUT2D eigenvalue weighted by atomic mass is 9.98. The van der Waals surface area contributed by atoms with Gasteiger partial charge in [0, 0.05) is 0 Å². The molecule has 10 unspecified atom stereocenters. The lowest BCUT2D eigenvalue weighted by Gasteiger charge is -2.40. The number of allylic oxidation sites excluding steroid dienone is 2. The number of carbonyl (C=O) groups excluding carboxylic acids is 1. The minimum absolute atomic E-state index is 0.261. The van der Waals surface area contributed by atoms with Crippen molar-refractivity contribution < 1.29 is 50.0 Å². The monoisotopic (exact) mass is 844 g/mol. The maximum absolute atomic E-state index is 13.1. The highest BCUT2D eigenvalue weighted by Gasteiger charge is 2.44. The zero-order valence-corrected chi connectivity index (χ0v) is 37.9. The van der Waals surface area contributed by atoms with Gasteiger partial charge in [0.05, 0.1) is 25.4 Å². The molecular weight excluding hydrogens is 751 g/mol. The van der Waals surface area contributed by atoms with E-state index in [1.807, 2.05) is 0 Å². The molecule has 0 saturated carbocycles. The van der Waals surface area contributed by atoms with Gasteiger partial charge in [-0.15, -0.1) is 0 Å². The maximum Gasteiger partial charge on any atom is 0.249 e. The summed E-state index contributed by atoms with van der Waals surface area (Å²) in [6.45, 7) is 5.73. The minimum Gasteiger partial charge on any atom is -0.394 e. The predicted molar refractivity (Wildman–Crippen MR) is 238 cm³/mol. The van der Waals surface area contributed by atoms with E-state index in [2.05, 4.69) is 38.2 Å². The summed E-state index contributed by atoms with van der Waals surface area (Å²) in [7, 11) is 0. The van der Waals surface area contributed by atoms with Crippen molar-refractivity contribution in [3.8, 4) is 0 Å². The highest BCUT2D eigenvalue weighted by Crippen LogP contribution is 2.23. The van der Waals surface area contributed by atoms with Crippen molar-refractivity contribution in [3.05, 3.63) is 12.2 Å². The summed E-state index contributed by atoms with van der Waals surface area (Å²) in [5.41, 5.74) is 0. The number of carbonyl (C=O) groups is 1. The number of hydrogen-bond donors (Lipinski definition) is 8. The van der Waals surface area contributed by atoms with Crippen molar-refractivity contribution >= 4 is 5.91 Å². The van der Waals surface area contributed by atoms with E-state index < -0.39 is 74.2 Å². The third-order valence-electron chi connectivity index (χ3n) is 12.4. The lowest BCUT2D eigenvalue weighted by Crippen LogP contribution is -2.60. The Kier molecular flexibility index (Phi) is 35.4. The van der Waals surface area contributed by atoms with Crippen LogP contribution in [0.5, 0.6) is 0 Å². The molecule has 1 rings (SSSR count). The van der Waals surface area contributed by atoms with Crippen molar-refractivity contribution in [3.63, 3.8) is 0 Å². The Morgan fingerprint density at radius 2 is 1.08 bits per heavy atom. The fourth-order valence-corrected chi connectivity index (χ4v) is 7.88. The van der Waals surface area contributed by atoms with Crippen LogP contribution in [0.4, 0.5) is 0 Å². The Labute approximate surface area is 360 Å². The summed E-state index contributed by atoms with van der Waals surface area (Å²) in [4.78, 5) is 13.1. The molecule has 0 aliphatic carbocycles. The summed E-state index contributed by atoms with van der Waals surface area (Å²) in [6, 6.07) is -1.16. The fraction of sp³-hybridized carbons (Fsp3) is 0.938. The molecule has 350 valence electrons. The average molecular weight is 844 g/mol. The normalized spacial score (nSPS) is 22.4. The van der Waals surface area contributed by atoms with Crippen LogP contribution in [0.1, 0.15) is 213 Å². The van der Waals surface area contributed by atoms with Gasteiger partial charge in [-0.1, -0.05) is 187 Å². The van der Waals surface area contributed by atoms with Crippen LogP contribution in [0.2, 0.25) is 0 Å². The summed E-state index contributed by atoms with van der Waals surface area (Å²) >= 11 is 0. The van der Waals surface area contributed by atoms with E-state index >= 15 is 0 Å². The molecule has 0 aromatic heterocycles. The van der Waals surface area contributed by atoms with Crippen molar-refractivity contribution in [1.29, 1.82) is 0 Å². The van der Waals surface area contributed by atoms with E-state index in [-0.39, 0.29) is 6.42 Å². The van der Waals surface area contributed by atoms with E-state index in [0.29, 0.717) is 19.3 Å². The first kappa shape index (κ1) is 55.9. The first-order valence-electron chi connectivity index (χ1n) is 24.5. The van der Waals surface area contributed by atoms with Gasteiger partial charge in [-0.3, -0.25) is 4.79 Å². The molecule has 1 heterocycles. The molecule has 1 aliphatic rings. The van der Waals surface area contributed by atoms with Gasteiger partial charge in [0.15, 0.2) is 6.29 Å². The molecule has 1 fully saturated rings. The van der Waals surface area contributed by atoms with Crippen molar-refractivity contribution in [1.82, 2.24) is 5.32 Å². The number of aliphatic hydroxyl groups is 7. The second kappa shape index (κ2) is 37.4. The molecule has 1 aliphatic heterocycles. The van der Waals surface area contributed by atoms with Crippen LogP contribution in [-0.4, -0.2) is 110 Å². The van der Waals surface area contributed by atoms with Gasteiger partial charge in [-0.2, -0.15) is 0 Å². The molecule has 1 amide bonds. The molecule has 0 aromatic carbocycles. The van der Waals surface area contributed by atoms with Crippen molar-refractivity contribution in [2.75, 3.05) is 13.2 Å². The van der Waals surface area contributed by atoms with Gasteiger partial charge in [0.1, 0.15) is 36.6 Å². The van der Waals surface area contributed by atoms with Crippen LogP contribution in [-0.2, 0) is 14.3 Å². The molecule has 8 N–H and O–H groups in total. The molecule has 10 atom stereocenters. The smallest absolute Gasteiger partial charge is 0.249 e. The lowest BCUT2D eigenvalue weighted by molar-refractivity contribution is -0.303. The minimum atomic E-state index is -1.66. The van der Waals surface area contributed by atoms with Gasteiger partial charge in [-0.25, -0.2) is 0 Å². The Bertz CT molecular complexity index is 985. The van der Waals surface area contributed by atoms with E-state index in [9.17, 15) is 40.5 Å². The third kappa shape index (κ3) is 27.5. The van der Waals surface area contributed by atoms with Crippen LogP contribution in [0.15, 0.2) is 12.2 Å². The van der Waals surface area contributed by atoms with E-state index in [4.69, 9.17) is 9.47 Å². The third-order valence-corrected chi connectivity index (χ3v) is 12.4. The Hall–Kier alpha value is -1.15. The molecule has 11 nitrogen and oxygen atoms in total. The van der Waals surface area contributed by atoms with Crippen LogP contribution in [0.3, 0.4) is 0 Å². The SMILES string of the molecule is CCCCCCCC=CCCCCCCCCCCCCCCC(O)C(=O)NC(COC1OC(CO)C(O)C(O)C1O)C(O)C(O)CCCCCCCCCC(C)CC. The second-order valence-electron chi connectivity index (χ2n) is 17.8. The van der Waals surface area contributed by atoms with Gasteiger partial charge < -0.3 is 50.5 Å². The van der Waals surface area contributed by atoms with Crippen LogP contribution in [0.25, 0.3) is 0 Å². The number of aliphatic hydroxyl groups excluding tert-OH is 7. The van der Waals surface area contributed by atoms with Gasteiger partial charge in [0.25, 0.3) is 0 Å². The number of unbranched alkanes of at least 4 members (excludes halogenated alkanes) is 23. The zero-order chi connectivity index (χ0) is 43.5. The van der Waals surface area contributed by atoms with Crippen molar-refractivity contribution in [2.24, 2.45) is 5.92 Å². The van der Waals surface area contributed by atoms with Crippen LogP contribution >= 0.6 is 0 Å². The molecular formula is C48H93NO10. The second-order valence-corrected chi connectivity index (χ2v) is 17.8. The topological polar surface area (TPSA) is 189 Å². The zero-order valence-electron chi connectivity index (χ0n) is 37.9. The average Bonchev–Trinajstić information content (AvgIpc) is 3.24.